The normalized spacial score (nSPS) is 12.5. The minimum Gasteiger partial charge on any atom is -0.309 e. The van der Waals surface area contributed by atoms with Gasteiger partial charge in [-0.05, 0) is 119 Å². The predicted octanol–water partition coefficient (Wildman–Crippen LogP) is 16.4. The Morgan fingerprint density at radius 2 is 0.621 bits per heavy atom. The third kappa shape index (κ3) is 4.38. The smallest absolute Gasteiger partial charge is 0.0642 e. The van der Waals surface area contributed by atoms with Crippen LogP contribution >= 0.6 is 0 Å². The van der Waals surface area contributed by atoms with Crippen LogP contribution in [0.3, 0.4) is 0 Å². The number of rotatable bonds is 3. The van der Waals surface area contributed by atoms with Gasteiger partial charge in [-0.2, -0.15) is 0 Å². The van der Waals surface area contributed by atoms with Crippen molar-refractivity contribution in [3.63, 3.8) is 0 Å². The molecular weight excluding hydrogens is 801 g/mol. The van der Waals surface area contributed by atoms with Crippen molar-refractivity contribution in [1.82, 2.24) is 18.1 Å². The summed E-state index contributed by atoms with van der Waals surface area (Å²) in [6.07, 6.45) is 0. The zero-order chi connectivity index (χ0) is 42.8. The zero-order valence-corrected chi connectivity index (χ0v) is 35.6. The van der Waals surface area contributed by atoms with Crippen molar-refractivity contribution in [3.05, 3.63) is 218 Å². The average molecular weight is 837 g/mol. The van der Waals surface area contributed by atoms with Gasteiger partial charge in [0.05, 0.1) is 49.7 Å². The molecule has 16 rings (SSSR count). The second-order valence-electron chi connectivity index (χ2n) is 18.1. The Morgan fingerprint density at radius 1 is 0.212 bits per heavy atom. The highest BCUT2D eigenvalue weighted by atomic mass is 15.0. The first-order valence-corrected chi connectivity index (χ1v) is 22.8. The van der Waals surface area contributed by atoms with E-state index in [-0.39, 0.29) is 0 Å². The molecule has 0 saturated heterocycles. The van der Waals surface area contributed by atoms with Crippen LogP contribution in [0.25, 0.3) is 142 Å². The standard InChI is InChI=1S/C62H36N4/c1-2-14-41(15-3-1)65-57-25-13-8-20-48(57)50-36-51-49-32-37-26-28-42(63-53-21-9-4-16-44(53)45-17-5-10-22-54(45)63)30-39(37)34-58(49)66-59-35-40-31-43(29-27-38(40)33-52(59)60(61(50)65)62(51)66)64-55-23-11-6-18-46(55)47-19-7-12-24-56(47)64/h1-36H. The van der Waals surface area contributed by atoms with Gasteiger partial charge >= 0.3 is 0 Å². The molecule has 0 aliphatic carbocycles. The largest absolute Gasteiger partial charge is 0.309 e. The highest BCUT2D eigenvalue weighted by Gasteiger charge is 2.26. The topological polar surface area (TPSA) is 19.2 Å². The molecule has 0 atom stereocenters. The van der Waals surface area contributed by atoms with Crippen molar-refractivity contribution in [2.45, 2.75) is 0 Å². The van der Waals surface area contributed by atoms with Gasteiger partial charge in [-0.25, -0.2) is 0 Å². The van der Waals surface area contributed by atoms with Gasteiger partial charge in [-0.1, -0.05) is 121 Å². The van der Waals surface area contributed by atoms with Crippen LogP contribution in [0.5, 0.6) is 0 Å². The summed E-state index contributed by atoms with van der Waals surface area (Å²) in [7, 11) is 0. The number of para-hydroxylation sites is 6. The van der Waals surface area contributed by atoms with Crippen LogP contribution in [0.4, 0.5) is 0 Å². The van der Waals surface area contributed by atoms with Crippen LogP contribution in [-0.2, 0) is 0 Å². The first-order valence-electron chi connectivity index (χ1n) is 22.8. The van der Waals surface area contributed by atoms with Gasteiger partial charge in [0.1, 0.15) is 0 Å². The van der Waals surface area contributed by atoms with Crippen molar-refractivity contribution in [2.24, 2.45) is 0 Å². The van der Waals surface area contributed by atoms with Crippen molar-refractivity contribution in [1.29, 1.82) is 0 Å². The molecule has 0 amide bonds. The lowest BCUT2D eigenvalue weighted by atomic mass is 10.00. The molecule has 0 aliphatic rings. The maximum absolute atomic E-state index is 2.58. The summed E-state index contributed by atoms with van der Waals surface area (Å²) in [4.78, 5) is 0. The van der Waals surface area contributed by atoms with E-state index in [1.54, 1.807) is 0 Å². The lowest BCUT2D eigenvalue weighted by Crippen LogP contribution is -1.94. The second-order valence-corrected chi connectivity index (χ2v) is 18.1. The molecule has 5 heterocycles. The van der Waals surface area contributed by atoms with E-state index in [0.717, 1.165) is 17.1 Å². The highest BCUT2D eigenvalue weighted by molar-refractivity contribution is 6.35. The van der Waals surface area contributed by atoms with Gasteiger partial charge in [0.2, 0.25) is 0 Å². The molecule has 0 spiro atoms. The molecule has 4 nitrogen and oxygen atoms in total. The van der Waals surface area contributed by atoms with Gasteiger partial charge in [0, 0.05) is 70.9 Å². The van der Waals surface area contributed by atoms with E-state index in [1.165, 1.54) is 125 Å². The fourth-order valence-electron chi connectivity index (χ4n) is 12.0. The molecule has 66 heavy (non-hydrogen) atoms. The summed E-state index contributed by atoms with van der Waals surface area (Å²) in [6.45, 7) is 0. The fraction of sp³-hybridized carbons (Fsp3) is 0. The molecule has 11 aromatic carbocycles. The van der Waals surface area contributed by atoms with Crippen molar-refractivity contribution in [3.8, 4) is 17.1 Å². The first kappa shape index (κ1) is 34.6. The number of benzene rings is 11. The van der Waals surface area contributed by atoms with Crippen LogP contribution in [-0.4, -0.2) is 18.1 Å². The Labute approximate surface area is 376 Å². The van der Waals surface area contributed by atoms with Crippen LogP contribution < -0.4 is 0 Å². The van der Waals surface area contributed by atoms with E-state index in [9.17, 15) is 0 Å². The monoisotopic (exact) mass is 836 g/mol. The summed E-state index contributed by atoms with van der Waals surface area (Å²) in [6, 6.07) is 81.3. The van der Waals surface area contributed by atoms with E-state index in [1.807, 2.05) is 0 Å². The third-order valence-electron chi connectivity index (χ3n) is 14.8. The van der Waals surface area contributed by atoms with Crippen molar-refractivity contribution < 1.29 is 0 Å². The molecule has 0 radical (unpaired) electrons. The third-order valence-corrected chi connectivity index (χ3v) is 14.8. The summed E-state index contributed by atoms with van der Waals surface area (Å²) in [5, 5.41) is 17.6. The predicted molar refractivity (Wildman–Crippen MR) is 279 cm³/mol. The Morgan fingerprint density at radius 3 is 1.14 bits per heavy atom. The summed E-state index contributed by atoms with van der Waals surface area (Å²) in [5.74, 6) is 0. The van der Waals surface area contributed by atoms with Crippen LogP contribution in [0, 0.1) is 0 Å². The second kappa shape index (κ2) is 12.4. The number of hydrogen-bond donors (Lipinski definition) is 0. The molecule has 0 bridgehead atoms. The molecule has 5 aromatic heterocycles. The highest BCUT2D eigenvalue weighted by Crippen LogP contribution is 2.48. The molecule has 0 fully saturated rings. The number of aromatic nitrogens is 4. The maximum atomic E-state index is 2.58. The number of hydrogen-bond acceptors (Lipinski definition) is 0. The van der Waals surface area contributed by atoms with Gasteiger partial charge in [0.15, 0.2) is 0 Å². The van der Waals surface area contributed by atoms with E-state index >= 15 is 0 Å². The van der Waals surface area contributed by atoms with E-state index in [0.29, 0.717) is 0 Å². The van der Waals surface area contributed by atoms with Gasteiger partial charge < -0.3 is 18.1 Å². The number of fused-ring (bicyclic) bond motifs is 18. The van der Waals surface area contributed by atoms with Crippen LogP contribution in [0.2, 0.25) is 0 Å². The van der Waals surface area contributed by atoms with Gasteiger partial charge in [-0.15, -0.1) is 0 Å². The molecule has 304 valence electrons. The lowest BCUT2D eigenvalue weighted by molar-refractivity contribution is 1.19. The van der Waals surface area contributed by atoms with E-state index < -0.39 is 0 Å². The van der Waals surface area contributed by atoms with Gasteiger partial charge in [-0.3, -0.25) is 0 Å². The molecule has 16 aromatic rings. The molecule has 0 N–H and O–H groups in total. The average Bonchev–Trinajstić information content (AvgIpc) is 4.16. The van der Waals surface area contributed by atoms with Crippen molar-refractivity contribution >= 4 is 125 Å². The van der Waals surface area contributed by atoms with Crippen molar-refractivity contribution in [2.75, 3.05) is 0 Å². The minimum absolute atomic E-state index is 1.16. The Hall–Kier alpha value is -8.86. The Bertz CT molecular complexity index is 4640. The molecule has 0 unspecified atom stereocenters. The Balaban J connectivity index is 1.04. The Kier molecular flexibility index (Phi) is 6.52. The molecule has 4 heteroatoms. The minimum atomic E-state index is 1.16. The van der Waals surface area contributed by atoms with E-state index in [4.69, 9.17) is 0 Å². The first-order chi connectivity index (χ1) is 32.7. The summed E-state index contributed by atoms with van der Waals surface area (Å²) in [5.41, 5.74) is 14.5. The number of nitrogens with zero attached hydrogens (tertiary/aromatic N) is 4. The summed E-state index contributed by atoms with van der Waals surface area (Å²) < 4.78 is 9.94. The summed E-state index contributed by atoms with van der Waals surface area (Å²) >= 11 is 0. The lowest BCUT2D eigenvalue weighted by Gasteiger charge is -2.11. The zero-order valence-electron chi connectivity index (χ0n) is 35.6. The van der Waals surface area contributed by atoms with Crippen LogP contribution in [0.1, 0.15) is 0 Å². The fourth-order valence-corrected chi connectivity index (χ4v) is 12.0. The maximum Gasteiger partial charge on any atom is 0.0642 e. The SMILES string of the molecule is c1ccc(-n2c3ccccc3c3cc4c5cc6ccc(-n7c8ccccc8c8ccccc87)cc6cc5n5c6cc7cc(-n8c9ccccc9c9ccccc98)ccc7cc6c(c32)c45)cc1. The molecule has 0 aliphatic heterocycles. The quantitative estimate of drug-likeness (QED) is 0.169. The molecule has 0 saturated carbocycles. The van der Waals surface area contributed by atoms with Gasteiger partial charge in [0.25, 0.3) is 0 Å². The van der Waals surface area contributed by atoms with E-state index in [2.05, 4.69) is 236 Å². The molecular formula is C62H36N4. The van der Waals surface area contributed by atoms with Crippen LogP contribution in [0.15, 0.2) is 218 Å².